The summed E-state index contributed by atoms with van der Waals surface area (Å²) in [5.74, 6) is -0.263. The lowest BCUT2D eigenvalue weighted by Crippen LogP contribution is -2.50. The van der Waals surface area contributed by atoms with Crippen LogP contribution in [0.5, 0.6) is 0 Å². The average Bonchev–Trinajstić information content (AvgIpc) is 3.21. The maximum absolute atomic E-state index is 13.1. The molecular formula is C19H26ClF3N6O. The number of carbonyl (C=O) groups excluding carboxylic acids is 1. The molecule has 0 N–H and O–H groups in total. The predicted molar refractivity (Wildman–Crippen MR) is 106 cm³/mol. The van der Waals surface area contributed by atoms with E-state index in [1.54, 1.807) is 11.8 Å². The van der Waals surface area contributed by atoms with Crippen molar-refractivity contribution in [2.45, 2.75) is 53.0 Å². The van der Waals surface area contributed by atoms with E-state index in [2.05, 4.69) is 15.1 Å². The van der Waals surface area contributed by atoms with E-state index in [4.69, 9.17) is 11.6 Å². The summed E-state index contributed by atoms with van der Waals surface area (Å²) in [6.07, 6.45) is -2.79. The number of hydrogen-bond acceptors (Lipinski definition) is 4. The van der Waals surface area contributed by atoms with E-state index < -0.39 is 22.9 Å². The maximum Gasteiger partial charge on any atom is 0.436 e. The maximum atomic E-state index is 13.1. The molecule has 1 atom stereocenters. The van der Waals surface area contributed by atoms with Crippen LogP contribution in [0, 0.1) is 13.8 Å². The molecule has 30 heavy (non-hydrogen) atoms. The molecule has 0 spiro atoms. The zero-order valence-corrected chi connectivity index (χ0v) is 18.3. The Morgan fingerprint density at radius 1 is 1.20 bits per heavy atom. The summed E-state index contributed by atoms with van der Waals surface area (Å²) in [5.41, 5.74) is 1.27. The van der Waals surface area contributed by atoms with Crippen molar-refractivity contribution in [1.82, 2.24) is 29.4 Å². The molecule has 0 aromatic carbocycles. The van der Waals surface area contributed by atoms with E-state index in [9.17, 15) is 18.0 Å². The summed E-state index contributed by atoms with van der Waals surface area (Å²) in [6.45, 7) is 11.0. The smallest absolute Gasteiger partial charge is 0.338 e. The second-order valence-corrected chi connectivity index (χ2v) is 7.92. The molecule has 1 saturated heterocycles. The highest BCUT2D eigenvalue weighted by atomic mass is 35.5. The summed E-state index contributed by atoms with van der Waals surface area (Å²) in [5, 5.41) is 7.48. The lowest BCUT2D eigenvalue weighted by atomic mass is 10.2. The molecule has 7 nitrogen and oxygen atoms in total. The Hall–Kier alpha value is -2.07. The number of alkyl halides is 3. The Bertz CT molecular complexity index is 914. The first kappa shape index (κ1) is 22.6. The zero-order chi connectivity index (χ0) is 22.2. The number of piperazine rings is 1. The monoisotopic (exact) mass is 446 g/mol. The Labute approximate surface area is 178 Å². The van der Waals surface area contributed by atoms with Crippen molar-refractivity contribution in [1.29, 1.82) is 0 Å². The van der Waals surface area contributed by atoms with Crippen LogP contribution in [0.1, 0.15) is 42.5 Å². The molecule has 1 unspecified atom stereocenters. The van der Waals surface area contributed by atoms with Crippen LogP contribution in [0.2, 0.25) is 5.02 Å². The fourth-order valence-corrected chi connectivity index (χ4v) is 3.98. The van der Waals surface area contributed by atoms with Gasteiger partial charge in [0, 0.05) is 50.5 Å². The largest absolute Gasteiger partial charge is 0.436 e. The van der Waals surface area contributed by atoms with Crippen LogP contribution in [-0.4, -0.2) is 61.4 Å². The number of carbonyl (C=O) groups is 1. The molecule has 3 rings (SSSR count). The van der Waals surface area contributed by atoms with E-state index in [0.29, 0.717) is 26.2 Å². The van der Waals surface area contributed by atoms with Crippen LogP contribution < -0.4 is 0 Å². The quantitative estimate of drug-likeness (QED) is 0.707. The summed E-state index contributed by atoms with van der Waals surface area (Å²) < 4.78 is 42.2. The molecule has 3 heterocycles. The fourth-order valence-electron chi connectivity index (χ4n) is 3.75. The molecule has 2 aromatic heterocycles. The van der Waals surface area contributed by atoms with Gasteiger partial charge in [0.2, 0.25) is 5.91 Å². The van der Waals surface area contributed by atoms with E-state index in [1.165, 1.54) is 6.92 Å². The Balaban J connectivity index is 1.63. The Kier molecular flexibility index (Phi) is 6.47. The van der Waals surface area contributed by atoms with E-state index in [1.807, 2.05) is 24.7 Å². The number of aromatic nitrogens is 4. The van der Waals surface area contributed by atoms with Crippen LogP contribution in [0.25, 0.3) is 0 Å². The van der Waals surface area contributed by atoms with Gasteiger partial charge >= 0.3 is 6.18 Å². The normalized spacial score (nSPS) is 16.9. The zero-order valence-electron chi connectivity index (χ0n) is 17.5. The number of aryl methyl sites for hydroxylation is 1. The van der Waals surface area contributed by atoms with Crippen molar-refractivity contribution in [3.8, 4) is 0 Å². The number of nitrogens with zero attached hydrogens (tertiary/aromatic N) is 6. The van der Waals surface area contributed by atoms with Crippen molar-refractivity contribution in [2.24, 2.45) is 0 Å². The lowest BCUT2D eigenvalue weighted by molar-refractivity contribution is -0.142. The molecule has 0 bridgehead atoms. The van der Waals surface area contributed by atoms with Gasteiger partial charge in [-0.1, -0.05) is 11.6 Å². The molecule has 11 heteroatoms. The second kappa shape index (κ2) is 8.58. The molecule has 0 radical (unpaired) electrons. The molecule has 2 aromatic rings. The molecule has 1 amide bonds. The second-order valence-electron chi connectivity index (χ2n) is 7.54. The van der Waals surface area contributed by atoms with Crippen molar-refractivity contribution >= 4 is 17.5 Å². The third-order valence-electron chi connectivity index (χ3n) is 5.65. The van der Waals surface area contributed by atoms with Crippen LogP contribution in [0.15, 0.2) is 6.20 Å². The van der Waals surface area contributed by atoms with Crippen molar-refractivity contribution in [2.75, 3.05) is 26.2 Å². The third-order valence-corrected chi connectivity index (χ3v) is 6.10. The average molecular weight is 447 g/mol. The topological polar surface area (TPSA) is 59.2 Å². The van der Waals surface area contributed by atoms with Gasteiger partial charge in [-0.2, -0.15) is 23.4 Å². The lowest BCUT2D eigenvalue weighted by Gasteiger charge is -2.36. The SMILES string of the molecule is CCn1ncc(CN2CCN(C(=O)C(C)n3nc(C(F)(F)F)c(Cl)c3C)CC2)c1C. The standard InChI is InChI=1S/C19H26ClF3N6O/c1-5-28-12(2)15(10-24-28)11-26-6-8-27(9-7-26)18(30)14(4)29-13(3)16(20)17(25-29)19(21,22)23/h10,14H,5-9,11H2,1-4H3. The highest BCUT2D eigenvalue weighted by molar-refractivity contribution is 6.32. The molecule has 1 aliphatic heterocycles. The van der Waals surface area contributed by atoms with E-state index in [0.717, 1.165) is 29.0 Å². The Morgan fingerprint density at radius 2 is 1.83 bits per heavy atom. The summed E-state index contributed by atoms with van der Waals surface area (Å²) in [6, 6.07) is -0.866. The minimum Gasteiger partial charge on any atom is -0.338 e. The van der Waals surface area contributed by atoms with Gasteiger partial charge in [-0.05, 0) is 27.7 Å². The number of rotatable bonds is 5. The van der Waals surface area contributed by atoms with Gasteiger partial charge < -0.3 is 4.90 Å². The summed E-state index contributed by atoms with van der Waals surface area (Å²) in [7, 11) is 0. The van der Waals surface area contributed by atoms with Gasteiger partial charge in [0.1, 0.15) is 6.04 Å². The van der Waals surface area contributed by atoms with Crippen molar-refractivity contribution < 1.29 is 18.0 Å². The van der Waals surface area contributed by atoms with Gasteiger partial charge in [-0.25, -0.2) is 0 Å². The number of halogens is 4. The molecular weight excluding hydrogens is 421 g/mol. The highest BCUT2D eigenvalue weighted by Crippen LogP contribution is 2.36. The van der Waals surface area contributed by atoms with Crippen LogP contribution in [-0.2, 0) is 24.1 Å². The van der Waals surface area contributed by atoms with E-state index >= 15 is 0 Å². The molecule has 166 valence electrons. The Morgan fingerprint density at radius 3 is 2.33 bits per heavy atom. The molecule has 1 aliphatic rings. The summed E-state index contributed by atoms with van der Waals surface area (Å²) >= 11 is 5.81. The van der Waals surface area contributed by atoms with Crippen LogP contribution in [0.3, 0.4) is 0 Å². The first-order valence-electron chi connectivity index (χ1n) is 9.88. The van der Waals surface area contributed by atoms with Gasteiger partial charge in [0.25, 0.3) is 0 Å². The third kappa shape index (κ3) is 4.34. The minimum absolute atomic E-state index is 0.131. The van der Waals surface area contributed by atoms with Crippen LogP contribution in [0.4, 0.5) is 13.2 Å². The van der Waals surface area contributed by atoms with Crippen molar-refractivity contribution in [3.05, 3.63) is 33.9 Å². The van der Waals surface area contributed by atoms with Gasteiger partial charge in [-0.3, -0.25) is 19.1 Å². The number of amides is 1. The number of hydrogen-bond donors (Lipinski definition) is 0. The first-order chi connectivity index (χ1) is 14.0. The molecule has 0 aliphatic carbocycles. The molecule has 0 saturated carbocycles. The van der Waals surface area contributed by atoms with E-state index in [-0.39, 0.29) is 11.6 Å². The summed E-state index contributed by atoms with van der Waals surface area (Å²) in [4.78, 5) is 16.8. The minimum atomic E-state index is -4.66. The fraction of sp³-hybridized carbons (Fsp3) is 0.632. The van der Waals surface area contributed by atoms with Gasteiger partial charge in [0.05, 0.1) is 16.9 Å². The van der Waals surface area contributed by atoms with Crippen molar-refractivity contribution in [3.63, 3.8) is 0 Å². The van der Waals surface area contributed by atoms with Crippen LogP contribution >= 0.6 is 11.6 Å². The first-order valence-corrected chi connectivity index (χ1v) is 10.3. The van der Waals surface area contributed by atoms with Gasteiger partial charge in [0.15, 0.2) is 5.69 Å². The van der Waals surface area contributed by atoms with Gasteiger partial charge in [-0.15, -0.1) is 0 Å². The molecule has 1 fully saturated rings. The predicted octanol–water partition coefficient (Wildman–Crippen LogP) is 3.29. The highest BCUT2D eigenvalue weighted by Gasteiger charge is 2.39.